The second kappa shape index (κ2) is 7.99. The highest BCUT2D eigenvalue weighted by atomic mass is 16.3. The second-order valence-electron chi connectivity index (χ2n) is 12.7. The topological polar surface area (TPSA) is 20.2 Å². The molecule has 3 saturated carbocycles. The first-order valence-corrected chi connectivity index (χ1v) is 13.1. The molecule has 0 bridgehead atoms. The van der Waals surface area contributed by atoms with Crippen molar-refractivity contribution < 1.29 is 5.11 Å². The molecule has 3 fully saturated rings. The van der Waals surface area contributed by atoms with Gasteiger partial charge in [0.05, 0.1) is 6.10 Å². The maximum Gasteiger partial charge on any atom is 0.0568 e. The molecule has 9 atom stereocenters. The lowest BCUT2D eigenvalue weighted by molar-refractivity contribution is -0.0773. The van der Waals surface area contributed by atoms with Crippen LogP contribution < -0.4 is 0 Å². The van der Waals surface area contributed by atoms with Crippen LogP contribution in [0.3, 0.4) is 0 Å². The number of hydrogen-bond donors (Lipinski definition) is 1. The molecule has 0 aromatic heterocycles. The zero-order chi connectivity index (χ0) is 21.0. The lowest BCUT2D eigenvalue weighted by Gasteiger charge is -2.59. The summed E-state index contributed by atoms with van der Waals surface area (Å²) < 4.78 is 0. The Bertz CT molecular complexity index is 620. The molecule has 29 heavy (non-hydrogen) atoms. The van der Waals surface area contributed by atoms with Crippen LogP contribution in [0, 0.1) is 52.3 Å². The standard InChI is InChI=1S/C28H48O/c1-18(2)8-7-9-19(3)22-12-13-24-21-10-11-23-20(4)26(29)15-17-28(23,6)25(21)14-16-27(22,24)5/h10,18-20,22-26,29H,7-9,11-17H2,1-6H3/t19-,20+,22-,23?,24+,25+,26+,27-,28+/m1/s1. The summed E-state index contributed by atoms with van der Waals surface area (Å²) in [4.78, 5) is 0. The minimum absolute atomic E-state index is 0.0700. The molecule has 166 valence electrons. The quantitative estimate of drug-likeness (QED) is 0.470. The van der Waals surface area contributed by atoms with E-state index in [4.69, 9.17) is 0 Å². The minimum atomic E-state index is -0.0700. The Balaban J connectivity index is 1.52. The summed E-state index contributed by atoms with van der Waals surface area (Å²) in [5.41, 5.74) is 2.85. The van der Waals surface area contributed by atoms with Gasteiger partial charge in [-0.3, -0.25) is 0 Å². The zero-order valence-electron chi connectivity index (χ0n) is 20.2. The van der Waals surface area contributed by atoms with Gasteiger partial charge in [-0.15, -0.1) is 0 Å². The summed E-state index contributed by atoms with van der Waals surface area (Å²) in [6.07, 6.45) is 16.1. The molecule has 4 rings (SSSR count). The smallest absolute Gasteiger partial charge is 0.0568 e. The molecular formula is C28H48O. The number of rotatable bonds is 5. The molecule has 0 aliphatic heterocycles. The number of hydrogen-bond acceptors (Lipinski definition) is 1. The largest absolute Gasteiger partial charge is 0.393 e. The van der Waals surface area contributed by atoms with Gasteiger partial charge in [0.1, 0.15) is 0 Å². The third-order valence-electron chi connectivity index (χ3n) is 10.8. The van der Waals surface area contributed by atoms with Gasteiger partial charge < -0.3 is 5.11 Å². The Hall–Kier alpha value is -0.300. The fourth-order valence-electron chi connectivity index (χ4n) is 8.97. The first-order valence-electron chi connectivity index (χ1n) is 13.1. The lowest BCUT2D eigenvalue weighted by atomic mass is 9.46. The van der Waals surface area contributed by atoms with Crippen LogP contribution in [-0.4, -0.2) is 11.2 Å². The third-order valence-corrected chi connectivity index (χ3v) is 10.8. The first-order chi connectivity index (χ1) is 13.7. The number of aliphatic hydroxyl groups is 1. The molecule has 0 heterocycles. The predicted molar refractivity (Wildman–Crippen MR) is 124 cm³/mol. The molecule has 1 nitrogen and oxygen atoms in total. The number of fused-ring (bicyclic) bond motifs is 5. The van der Waals surface area contributed by atoms with E-state index in [-0.39, 0.29) is 6.10 Å². The SMILES string of the molecule is CC(C)CCC[C@@H](C)[C@H]1CC[C@H]2C3=CCC4[C@H](C)[C@@H](O)CC[C@]4(C)[C@H]3CC[C@]12C. The van der Waals surface area contributed by atoms with Crippen LogP contribution in [0.15, 0.2) is 11.6 Å². The second-order valence-corrected chi connectivity index (χ2v) is 12.7. The van der Waals surface area contributed by atoms with E-state index in [9.17, 15) is 5.11 Å². The molecule has 0 radical (unpaired) electrons. The maximum absolute atomic E-state index is 10.5. The monoisotopic (exact) mass is 400 g/mol. The van der Waals surface area contributed by atoms with Crippen LogP contribution in [0.25, 0.3) is 0 Å². The minimum Gasteiger partial charge on any atom is -0.393 e. The summed E-state index contributed by atoms with van der Waals surface area (Å²) in [7, 11) is 0. The van der Waals surface area contributed by atoms with Gasteiger partial charge in [0.25, 0.3) is 0 Å². The van der Waals surface area contributed by atoms with E-state index in [1.165, 1.54) is 57.8 Å². The Morgan fingerprint density at radius 1 is 0.966 bits per heavy atom. The molecule has 4 aliphatic rings. The van der Waals surface area contributed by atoms with E-state index in [0.29, 0.717) is 22.7 Å². The molecule has 0 aromatic rings. The summed E-state index contributed by atoms with van der Waals surface area (Å²) in [5.74, 6) is 5.47. The van der Waals surface area contributed by atoms with Gasteiger partial charge in [-0.1, -0.05) is 72.5 Å². The van der Waals surface area contributed by atoms with Crippen molar-refractivity contribution in [1.82, 2.24) is 0 Å². The highest BCUT2D eigenvalue weighted by molar-refractivity contribution is 5.28. The van der Waals surface area contributed by atoms with Gasteiger partial charge in [0.15, 0.2) is 0 Å². The van der Waals surface area contributed by atoms with Crippen LogP contribution in [0.2, 0.25) is 0 Å². The van der Waals surface area contributed by atoms with Crippen molar-refractivity contribution >= 4 is 0 Å². The van der Waals surface area contributed by atoms with Gasteiger partial charge in [-0.25, -0.2) is 0 Å². The molecular weight excluding hydrogens is 352 g/mol. The van der Waals surface area contributed by atoms with Gasteiger partial charge in [0, 0.05) is 0 Å². The summed E-state index contributed by atoms with van der Waals surface area (Å²) in [5, 5.41) is 10.5. The maximum atomic E-state index is 10.5. The van der Waals surface area contributed by atoms with Crippen molar-refractivity contribution in [3.05, 3.63) is 11.6 Å². The average molecular weight is 401 g/mol. The van der Waals surface area contributed by atoms with Crippen molar-refractivity contribution in [1.29, 1.82) is 0 Å². The zero-order valence-corrected chi connectivity index (χ0v) is 20.2. The van der Waals surface area contributed by atoms with Crippen LogP contribution in [-0.2, 0) is 0 Å². The summed E-state index contributed by atoms with van der Waals surface area (Å²) >= 11 is 0. The summed E-state index contributed by atoms with van der Waals surface area (Å²) in [6, 6.07) is 0. The molecule has 0 saturated heterocycles. The molecule has 1 N–H and O–H groups in total. The lowest BCUT2D eigenvalue weighted by Crippen LogP contribution is -2.52. The molecule has 0 aromatic carbocycles. The first kappa shape index (κ1) is 21.9. The van der Waals surface area contributed by atoms with Crippen LogP contribution in [0.1, 0.15) is 106 Å². The van der Waals surface area contributed by atoms with Gasteiger partial charge >= 0.3 is 0 Å². The van der Waals surface area contributed by atoms with Crippen molar-refractivity contribution in [2.75, 3.05) is 0 Å². The Kier molecular flexibility index (Phi) is 6.04. The fourth-order valence-corrected chi connectivity index (χ4v) is 8.97. The highest BCUT2D eigenvalue weighted by Crippen LogP contribution is 2.67. The van der Waals surface area contributed by atoms with Crippen LogP contribution in [0.4, 0.5) is 0 Å². The third kappa shape index (κ3) is 3.56. The van der Waals surface area contributed by atoms with E-state index >= 15 is 0 Å². The van der Waals surface area contributed by atoms with Crippen molar-refractivity contribution in [2.45, 2.75) is 112 Å². The molecule has 0 amide bonds. The Morgan fingerprint density at radius 2 is 1.66 bits per heavy atom. The van der Waals surface area contributed by atoms with Gasteiger partial charge in [-0.2, -0.15) is 0 Å². The fraction of sp³-hybridized carbons (Fsp3) is 0.929. The van der Waals surface area contributed by atoms with E-state index in [2.05, 4.69) is 47.6 Å². The van der Waals surface area contributed by atoms with E-state index in [1.54, 1.807) is 0 Å². The Morgan fingerprint density at radius 3 is 2.38 bits per heavy atom. The van der Waals surface area contributed by atoms with Crippen molar-refractivity contribution in [3.8, 4) is 0 Å². The molecule has 1 heteroatoms. The van der Waals surface area contributed by atoms with E-state index < -0.39 is 0 Å². The van der Waals surface area contributed by atoms with E-state index in [1.807, 2.05) is 5.57 Å². The average Bonchev–Trinajstić information content (AvgIpc) is 3.02. The summed E-state index contributed by atoms with van der Waals surface area (Å²) in [6.45, 7) is 14.9. The predicted octanol–water partition coefficient (Wildman–Crippen LogP) is 7.63. The Labute approximate surface area is 181 Å². The molecule has 4 aliphatic carbocycles. The number of aliphatic hydroxyl groups excluding tert-OH is 1. The number of allylic oxidation sites excluding steroid dienone is 2. The van der Waals surface area contributed by atoms with Crippen LogP contribution in [0.5, 0.6) is 0 Å². The van der Waals surface area contributed by atoms with Gasteiger partial charge in [0.2, 0.25) is 0 Å². The highest BCUT2D eigenvalue weighted by Gasteiger charge is 2.59. The van der Waals surface area contributed by atoms with Crippen LogP contribution >= 0.6 is 0 Å². The molecule has 1 unspecified atom stereocenters. The van der Waals surface area contributed by atoms with Crippen molar-refractivity contribution in [2.24, 2.45) is 52.3 Å². The van der Waals surface area contributed by atoms with Crippen molar-refractivity contribution in [3.63, 3.8) is 0 Å². The van der Waals surface area contributed by atoms with Gasteiger partial charge in [-0.05, 0) is 97.2 Å². The normalized spacial score (nSPS) is 47.9. The van der Waals surface area contributed by atoms with E-state index in [0.717, 1.165) is 36.0 Å². The molecule has 0 spiro atoms.